The van der Waals surface area contributed by atoms with Gasteiger partial charge in [-0.2, -0.15) is 0 Å². The monoisotopic (exact) mass is 1340 g/mol. The largest absolute Gasteiger partial charge is 0.390 e. The van der Waals surface area contributed by atoms with Gasteiger partial charge in [0.2, 0.25) is 65.0 Å². The Labute approximate surface area is 568 Å². The predicted molar refractivity (Wildman–Crippen MR) is 365 cm³/mol. The zero-order chi connectivity index (χ0) is 72.8. The lowest BCUT2D eigenvalue weighted by Crippen LogP contribution is -2.64. The van der Waals surface area contributed by atoms with Crippen LogP contribution in [0.1, 0.15) is 163 Å². The van der Waals surface area contributed by atoms with Crippen molar-refractivity contribution in [2.75, 3.05) is 88.3 Å². The number of nitrogens with zero attached hydrogens (tertiary/aromatic N) is 8. The average molecular weight is 1350 g/mol. The third-order valence-corrected chi connectivity index (χ3v) is 18.5. The molecule has 544 valence electrons. The van der Waals surface area contributed by atoms with Crippen LogP contribution in [0.25, 0.3) is 0 Å². The molecule has 26 heteroatoms. The van der Waals surface area contributed by atoms with E-state index in [1.807, 2.05) is 41.5 Å². The van der Waals surface area contributed by atoms with E-state index in [4.69, 9.17) is 9.47 Å². The molecule has 0 aliphatic carbocycles. The number of rotatable bonds is 20. The quantitative estimate of drug-likeness (QED) is 0.0864. The summed E-state index contributed by atoms with van der Waals surface area (Å²) in [4.78, 5) is 175. The number of hydrogen-bond acceptors (Lipinski definition) is 15. The molecule has 0 bridgehead atoms. The van der Waals surface area contributed by atoms with Crippen LogP contribution in [0.4, 0.5) is 0 Å². The maximum Gasteiger partial charge on any atom is 0.246 e. The molecule has 11 amide bonds. The van der Waals surface area contributed by atoms with E-state index < -0.39 is 161 Å². The summed E-state index contributed by atoms with van der Waals surface area (Å²) in [7, 11) is 8.52. The Morgan fingerprint density at radius 3 is 1.48 bits per heavy atom. The van der Waals surface area contributed by atoms with Gasteiger partial charge in [-0.3, -0.25) is 57.6 Å². The maximum absolute atomic E-state index is 15.3. The number of aliphatic hydroxyl groups excluding tert-OH is 1. The molecular weight excluding hydrogens is 1220 g/mol. The van der Waals surface area contributed by atoms with Gasteiger partial charge in [-0.1, -0.05) is 95.2 Å². The second-order valence-electron chi connectivity index (χ2n) is 28.3. The first-order valence-corrected chi connectivity index (χ1v) is 34.6. The molecule has 2 fully saturated rings. The molecule has 2 aliphatic heterocycles. The van der Waals surface area contributed by atoms with Crippen LogP contribution < -0.4 is 21.3 Å². The summed E-state index contributed by atoms with van der Waals surface area (Å²) in [5, 5.41) is 23.3. The molecule has 0 aromatic heterocycles. The van der Waals surface area contributed by atoms with E-state index in [0.29, 0.717) is 19.6 Å². The number of carbonyl (C=O) groups excluding carboxylic acids is 11. The van der Waals surface area contributed by atoms with Crippen molar-refractivity contribution in [1.82, 2.24) is 60.5 Å². The van der Waals surface area contributed by atoms with E-state index in [-0.39, 0.29) is 56.6 Å². The molecule has 0 saturated carbocycles. The molecule has 0 aromatic carbocycles. The highest BCUT2D eigenvalue weighted by atomic mass is 16.5. The minimum atomic E-state index is -1.66. The first kappa shape index (κ1) is 84.8. The van der Waals surface area contributed by atoms with Crippen molar-refractivity contribution in [2.24, 2.45) is 35.5 Å². The lowest BCUT2D eigenvalue weighted by atomic mass is 9.93. The van der Waals surface area contributed by atoms with Crippen LogP contribution in [0.5, 0.6) is 0 Å². The number of amides is 11. The summed E-state index contributed by atoms with van der Waals surface area (Å²) in [6.07, 6.45) is 2.59. The van der Waals surface area contributed by atoms with Gasteiger partial charge in [-0.05, 0) is 116 Å². The number of allylic oxidation sites excluding steroid dienone is 1. The fourth-order valence-electron chi connectivity index (χ4n) is 12.6. The van der Waals surface area contributed by atoms with Crippen LogP contribution >= 0.6 is 0 Å². The molecule has 14 atom stereocenters. The van der Waals surface area contributed by atoms with Gasteiger partial charge in [0.15, 0.2) is 0 Å². The second-order valence-corrected chi connectivity index (χ2v) is 28.3. The highest BCUT2D eigenvalue weighted by Gasteiger charge is 2.47. The summed E-state index contributed by atoms with van der Waals surface area (Å²) in [5.74, 6) is -10.1. The summed E-state index contributed by atoms with van der Waals surface area (Å²) in [5.41, 5.74) is 0. The maximum atomic E-state index is 15.3. The minimum absolute atomic E-state index is 0.00666. The van der Waals surface area contributed by atoms with Crippen molar-refractivity contribution in [3.8, 4) is 0 Å². The topological polar surface area (TPSA) is 300 Å². The molecule has 2 heterocycles. The number of hydrogen-bond donors (Lipinski definition) is 5. The summed E-state index contributed by atoms with van der Waals surface area (Å²) < 4.78 is 11.9. The van der Waals surface area contributed by atoms with Gasteiger partial charge >= 0.3 is 0 Å². The number of aliphatic hydroxyl groups is 1. The van der Waals surface area contributed by atoms with E-state index in [9.17, 15) is 29.1 Å². The number of morpholine rings is 1. The molecule has 95 heavy (non-hydrogen) atoms. The van der Waals surface area contributed by atoms with Gasteiger partial charge < -0.3 is 70.1 Å². The van der Waals surface area contributed by atoms with Crippen LogP contribution in [0.15, 0.2) is 12.2 Å². The Bertz CT molecular complexity index is 2580. The SMILES string of the molecule is C/C=C/[C@@H](C)[C@@H](O)[C@H]1C(=O)N[C@@H](CC)C(=O)N(CC)[C@H](C)C(=O)N(C)C([C@@H](C)OCCCCN2CCOCC2)C(=O)N[C@@H](C(C)C)C(=O)N(C)[C@@H](CC(C)C)C(=O)N[C@@H](C)C(=O)N[C@H](C)C(=O)N(C)[C@@H](CC(C)C)C(=O)N(C)[C@@H](CC(C)C)C(=O)N(C)[C@@H](C(C)C)C(=O)N1C. The highest BCUT2D eigenvalue weighted by Crippen LogP contribution is 2.26. The summed E-state index contributed by atoms with van der Waals surface area (Å²) in [6, 6.07) is -14.2. The third-order valence-electron chi connectivity index (χ3n) is 18.5. The number of likely N-dealkylation sites (N-methyl/N-ethyl adjacent to an activating group) is 7. The van der Waals surface area contributed by atoms with Crippen molar-refractivity contribution in [1.29, 1.82) is 0 Å². The van der Waals surface area contributed by atoms with Crippen LogP contribution in [0, 0.1) is 35.5 Å². The standard InChI is InChI=1S/C69H124N12O14/c1-25-30-45(14)58(82)57-62(86)72-50(26-2)65(89)81(27-3)48(17)64(88)78(23)56(49(18)95-34-29-28-31-80-32-35-94-36-33-80)61(85)73-54(43(10)11)68(92)74(19)51(37-40(4)5)60(84)70-46(15)59(83)71-47(16)63(87)75(20)52(38-41(6)7)66(90)76(21)53(39-42(8)9)67(91)77(22)55(44(12)13)69(93)79(57)24/h25,30,40-58,82H,26-29,31-39H2,1-24H3,(H,70,84)(H,71,83)(H,72,86)(H,73,85)/b30-25+/t45-,46+,47-,48-,49-,50+,51+,52+,53+,54+,55+,56?,57+,58-/m1/s1. The van der Waals surface area contributed by atoms with E-state index in [2.05, 4.69) is 26.2 Å². The van der Waals surface area contributed by atoms with Crippen LogP contribution in [0.2, 0.25) is 0 Å². The smallest absolute Gasteiger partial charge is 0.246 e. The third kappa shape index (κ3) is 23.8. The molecule has 5 N–H and O–H groups in total. The van der Waals surface area contributed by atoms with Crippen LogP contribution in [0.3, 0.4) is 0 Å². The molecule has 2 aliphatic rings. The Hall–Kier alpha value is -6.25. The molecule has 26 nitrogen and oxygen atoms in total. The Morgan fingerprint density at radius 1 is 0.516 bits per heavy atom. The van der Waals surface area contributed by atoms with Gasteiger partial charge in [-0.15, -0.1) is 0 Å². The first-order valence-electron chi connectivity index (χ1n) is 34.6. The zero-order valence-electron chi connectivity index (χ0n) is 62.1. The van der Waals surface area contributed by atoms with Crippen molar-refractivity contribution in [2.45, 2.75) is 242 Å². The van der Waals surface area contributed by atoms with Crippen molar-refractivity contribution < 1.29 is 67.3 Å². The molecule has 2 saturated heterocycles. The molecule has 1 unspecified atom stereocenters. The van der Waals surface area contributed by atoms with Crippen molar-refractivity contribution in [3.63, 3.8) is 0 Å². The Balaban J connectivity index is 3.03. The summed E-state index contributed by atoms with van der Waals surface area (Å²) >= 11 is 0. The first-order chi connectivity index (χ1) is 44.2. The molecular formula is C69H124N12O14. The number of ether oxygens (including phenoxy) is 2. The van der Waals surface area contributed by atoms with E-state index in [1.54, 1.807) is 74.5 Å². The van der Waals surface area contributed by atoms with E-state index >= 15 is 28.8 Å². The number of unbranched alkanes of at least 4 members (excludes halogenated alkanes) is 1. The fraction of sp³-hybridized carbons (Fsp3) is 0.812. The summed E-state index contributed by atoms with van der Waals surface area (Å²) in [6.45, 7) is 34.7. The molecule has 2 rings (SSSR count). The molecule has 0 radical (unpaired) electrons. The normalized spacial score (nSPS) is 27.6. The minimum Gasteiger partial charge on any atom is -0.390 e. The van der Waals surface area contributed by atoms with Crippen molar-refractivity contribution in [3.05, 3.63) is 12.2 Å². The second kappa shape index (κ2) is 39.8. The number of nitrogens with one attached hydrogen (secondary N) is 4. The van der Waals surface area contributed by atoms with Gasteiger partial charge in [-0.25, -0.2) is 0 Å². The van der Waals surface area contributed by atoms with Crippen LogP contribution in [-0.2, 0) is 62.2 Å². The fourth-order valence-corrected chi connectivity index (χ4v) is 12.6. The lowest BCUT2D eigenvalue weighted by Gasteiger charge is -2.41. The Morgan fingerprint density at radius 2 is 0.989 bits per heavy atom. The van der Waals surface area contributed by atoms with Gasteiger partial charge in [0.1, 0.15) is 66.5 Å². The van der Waals surface area contributed by atoms with Gasteiger partial charge in [0, 0.05) is 74.4 Å². The average Bonchev–Trinajstić information content (AvgIpc) is 0.811. The van der Waals surface area contributed by atoms with Crippen molar-refractivity contribution >= 4 is 65.0 Å². The predicted octanol–water partition coefficient (Wildman–Crippen LogP) is 3.13. The van der Waals surface area contributed by atoms with E-state index in [0.717, 1.165) is 31.0 Å². The number of carbonyl (C=O) groups is 11. The lowest BCUT2D eigenvalue weighted by molar-refractivity contribution is -0.157. The highest BCUT2D eigenvalue weighted by molar-refractivity contribution is 6.00. The van der Waals surface area contributed by atoms with Crippen LogP contribution in [-0.4, -0.2) is 276 Å². The molecule has 0 aromatic rings. The zero-order valence-corrected chi connectivity index (χ0v) is 62.1. The Kier molecular flexibility index (Phi) is 35.6. The van der Waals surface area contributed by atoms with Gasteiger partial charge in [0.05, 0.1) is 25.4 Å². The van der Waals surface area contributed by atoms with Gasteiger partial charge in [0.25, 0.3) is 0 Å². The molecule has 0 spiro atoms. The van der Waals surface area contributed by atoms with E-state index in [1.165, 1.54) is 92.5 Å².